The first-order chi connectivity index (χ1) is 14.7. The number of rotatable bonds is 8. The normalized spacial score (nSPS) is 11.1. The van der Waals surface area contributed by atoms with E-state index in [1.54, 1.807) is 16.9 Å². The van der Waals surface area contributed by atoms with Crippen LogP contribution in [0.1, 0.15) is 23.8 Å². The molecule has 4 aromatic rings. The first-order valence-corrected chi connectivity index (χ1v) is 11.1. The standard InChI is InChI=1S/C21H23N7OS/c1-3-10-22-18-15-13-24-28(19(15)27-21(26-18)30-2)12-11-23-20(29)17-9-8-14-6-4-5-7-16(14)25-17/h4-9,13H,3,10-12H2,1-2H3,(H,23,29)(H,22,26,27). The Hall–Kier alpha value is -3.20. The number of carbonyl (C=O) groups excluding carboxylic acids is 1. The number of hydrogen-bond acceptors (Lipinski definition) is 7. The smallest absolute Gasteiger partial charge is 0.269 e. The van der Waals surface area contributed by atoms with Crippen LogP contribution >= 0.6 is 11.8 Å². The number of fused-ring (bicyclic) bond motifs is 2. The summed E-state index contributed by atoms with van der Waals surface area (Å²) in [6.07, 6.45) is 4.72. The molecule has 8 nitrogen and oxygen atoms in total. The molecule has 30 heavy (non-hydrogen) atoms. The van der Waals surface area contributed by atoms with E-state index in [0.29, 0.717) is 23.9 Å². The molecule has 0 bridgehead atoms. The first kappa shape index (κ1) is 20.1. The van der Waals surface area contributed by atoms with E-state index in [-0.39, 0.29) is 5.91 Å². The van der Waals surface area contributed by atoms with Crippen LogP contribution in [0, 0.1) is 0 Å². The molecule has 3 heterocycles. The van der Waals surface area contributed by atoms with Crippen LogP contribution in [0.2, 0.25) is 0 Å². The van der Waals surface area contributed by atoms with E-state index in [4.69, 9.17) is 0 Å². The van der Waals surface area contributed by atoms with Gasteiger partial charge in [0.2, 0.25) is 0 Å². The minimum absolute atomic E-state index is 0.207. The molecule has 4 rings (SSSR count). The van der Waals surface area contributed by atoms with Gasteiger partial charge in [-0.05, 0) is 24.8 Å². The topological polar surface area (TPSA) is 97.6 Å². The Morgan fingerprint density at radius 2 is 1.97 bits per heavy atom. The van der Waals surface area contributed by atoms with Crippen molar-refractivity contribution >= 4 is 45.4 Å². The average Bonchev–Trinajstić information content (AvgIpc) is 3.19. The summed E-state index contributed by atoms with van der Waals surface area (Å²) in [6, 6.07) is 11.4. The number of thioether (sulfide) groups is 1. The minimum Gasteiger partial charge on any atom is -0.369 e. The fraction of sp³-hybridized carbons (Fsp3) is 0.286. The number of hydrogen-bond donors (Lipinski definition) is 2. The highest BCUT2D eigenvalue weighted by Crippen LogP contribution is 2.23. The summed E-state index contributed by atoms with van der Waals surface area (Å²) < 4.78 is 1.79. The maximum Gasteiger partial charge on any atom is 0.269 e. The molecule has 0 atom stereocenters. The molecule has 0 saturated carbocycles. The molecule has 2 N–H and O–H groups in total. The molecule has 0 aliphatic heterocycles. The van der Waals surface area contributed by atoms with Gasteiger partial charge >= 0.3 is 0 Å². The number of nitrogens with one attached hydrogen (secondary N) is 2. The predicted molar refractivity (Wildman–Crippen MR) is 120 cm³/mol. The summed E-state index contributed by atoms with van der Waals surface area (Å²) in [5, 5.41) is 13.3. The number of para-hydroxylation sites is 1. The van der Waals surface area contributed by atoms with Crippen molar-refractivity contribution in [2.24, 2.45) is 0 Å². The van der Waals surface area contributed by atoms with E-state index in [1.165, 1.54) is 11.8 Å². The quantitative estimate of drug-likeness (QED) is 0.333. The second-order valence-electron chi connectivity index (χ2n) is 6.74. The highest BCUT2D eigenvalue weighted by molar-refractivity contribution is 7.98. The third-order valence-corrected chi connectivity index (χ3v) is 5.19. The van der Waals surface area contributed by atoms with E-state index < -0.39 is 0 Å². The zero-order valence-corrected chi connectivity index (χ0v) is 17.7. The van der Waals surface area contributed by atoms with Crippen LogP contribution in [0.15, 0.2) is 47.8 Å². The summed E-state index contributed by atoms with van der Waals surface area (Å²) >= 11 is 1.49. The van der Waals surface area contributed by atoms with Gasteiger partial charge in [0, 0.05) is 18.5 Å². The van der Waals surface area contributed by atoms with Crippen molar-refractivity contribution in [2.75, 3.05) is 24.7 Å². The van der Waals surface area contributed by atoms with Gasteiger partial charge in [0.15, 0.2) is 10.8 Å². The van der Waals surface area contributed by atoms with Crippen molar-refractivity contribution in [3.8, 4) is 0 Å². The SMILES string of the molecule is CCCNc1nc(SC)nc2c1cnn2CCNC(=O)c1ccc2ccccc2n1. The number of nitrogens with zero attached hydrogens (tertiary/aromatic N) is 5. The third kappa shape index (κ3) is 4.20. The molecule has 1 aromatic carbocycles. The van der Waals surface area contributed by atoms with Crippen LogP contribution in [0.5, 0.6) is 0 Å². The lowest BCUT2D eigenvalue weighted by Gasteiger charge is -2.09. The van der Waals surface area contributed by atoms with E-state index >= 15 is 0 Å². The lowest BCUT2D eigenvalue weighted by Crippen LogP contribution is -2.28. The van der Waals surface area contributed by atoms with Crippen LogP contribution in [0.4, 0.5) is 5.82 Å². The summed E-state index contributed by atoms with van der Waals surface area (Å²) in [5.74, 6) is 0.587. The first-order valence-electron chi connectivity index (χ1n) is 9.85. The summed E-state index contributed by atoms with van der Waals surface area (Å²) in [5.41, 5.74) is 1.96. The van der Waals surface area contributed by atoms with Crippen LogP contribution in [-0.4, -0.2) is 50.0 Å². The number of amides is 1. The highest BCUT2D eigenvalue weighted by Gasteiger charge is 2.13. The zero-order valence-electron chi connectivity index (χ0n) is 16.9. The second kappa shape index (κ2) is 9.08. The lowest BCUT2D eigenvalue weighted by atomic mass is 10.2. The minimum atomic E-state index is -0.207. The molecular formula is C21H23N7OS. The van der Waals surface area contributed by atoms with Crippen molar-refractivity contribution in [1.82, 2.24) is 30.0 Å². The molecule has 9 heteroatoms. The van der Waals surface area contributed by atoms with Crippen LogP contribution in [-0.2, 0) is 6.54 Å². The Kier molecular flexibility index (Phi) is 6.08. The number of carbonyl (C=O) groups is 1. The predicted octanol–water partition coefficient (Wildman–Crippen LogP) is 3.35. The maximum atomic E-state index is 12.5. The summed E-state index contributed by atoms with van der Waals surface area (Å²) in [6.45, 7) is 3.86. The van der Waals surface area contributed by atoms with Gasteiger partial charge in [-0.3, -0.25) is 4.79 Å². The van der Waals surface area contributed by atoms with Gasteiger partial charge in [-0.1, -0.05) is 43.0 Å². The molecule has 0 aliphatic rings. The van der Waals surface area contributed by atoms with Crippen LogP contribution in [0.25, 0.3) is 21.9 Å². The molecule has 0 fully saturated rings. The molecule has 1 amide bonds. The largest absolute Gasteiger partial charge is 0.369 e. The third-order valence-electron chi connectivity index (χ3n) is 4.64. The monoisotopic (exact) mass is 421 g/mol. The molecular weight excluding hydrogens is 398 g/mol. The van der Waals surface area contributed by atoms with E-state index in [0.717, 1.165) is 40.7 Å². The molecule has 0 aliphatic carbocycles. The number of benzene rings is 1. The van der Waals surface area contributed by atoms with E-state index in [1.807, 2.05) is 36.6 Å². The molecule has 0 unspecified atom stereocenters. The maximum absolute atomic E-state index is 12.5. The van der Waals surface area contributed by atoms with Gasteiger partial charge in [-0.25, -0.2) is 19.6 Å². The Morgan fingerprint density at radius 1 is 1.10 bits per heavy atom. The zero-order chi connectivity index (χ0) is 20.9. The van der Waals surface area contributed by atoms with Gasteiger partial charge in [0.25, 0.3) is 5.91 Å². The van der Waals surface area contributed by atoms with Gasteiger partial charge in [0.05, 0.1) is 23.6 Å². The molecule has 0 spiro atoms. The fourth-order valence-electron chi connectivity index (χ4n) is 3.13. The fourth-order valence-corrected chi connectivity index (χ4v) is 3.49. The van der Waals surface area contributed by atoms with Gasteiger partial charge in [-0.15, -0.1) is 0 Å². The van der Waals surface area contributed by atoms with Gasteiger partial charge in [0.1, 0.15) is 11.5 Å². The van der Waals surface area contributed by atoms with E-state index in [9.17, 15) is 4.79 Å². The second-order valence-corrected chi connectivity index (χ2v) is 7.51. The molecule has 3 aromatic heterocycles. The molecule has 0 saturated heterocycles. The van der Waals surface area contributed by atoms with Crippen molar-refractivity contribution in [1.29, 1.82) is 0 Å². The van der Waals surface area contributed by atoms with Crippen LogP contribution in [0.3, 0.4) is 0 Å². The van der Waals surface area contributed by atoms with Crippen molar-refractivity contribution < 1.29 is 4.79 Å². The van der Waals surface area contributed by atoms with Crippen molar-refractivity contribution in [2.45, 2.75) is 25.0 Å². The number of aromatic nitrogens is 5. The number of pyridine rings is 1. The van der Waals surface area contributed by atoms with Crippen LogP contribution < -0.4 is 10.6 Å². The average molecular weight is 422 g/mol. The summed E-state index contributed by atoms with van der Waals surface area (Å²) in [4.78, 5) is 26.1. The molecule has 0 radical (unpaired) electrons. The summed E-state index contributed by atoms with van der Waals surface area (Å²) in [7, 11) is 0. The highest BCUT2D eigenvalue weighted by atomic mass is 32.2. The Bertz CT molecular complexity index is 1190. The van der Waals surface area contributed by atoms with Crippen molar-refractivity contribution in [3.63, 3.8) is 0 Å². The Morgan fingerprint density at radius 3 is 2.80 bits per heavy atom. The Balaban J connectivity index is 1.47. The lowest BCUT2D eigenvalue weighted by molar-refractivity contribution is 0.0947. The Labute approximate surface area is 178 Å². The molecule has 154 valence electrons. The van der Waals surface area contributed by atoms with Gasteiger partial charge < -0.3 is 10.6 Å². The van der Waals surface area contributed by atoms with Gasteiger partial charge in [-0.2, -0.15) is 5.10 Å². The number of anilines is 1. The van der Waals surface area contributed by atoms with E-state index in [2.05, 4.69) is 37.6 Å². The van der Waals surface area contributed by atoms with Crippen molar-refractivity contribution in [3.05, 3.63) is 48.3 Å².